The van der Waals surface area contributed by atoms with Crippen molar-refractivity contribution in [1.29, 1.82) is 0 Å². The van der Waals surface area contributed by atoms with Crippen LogP contribution >= 0.6 is 0 Å². The van der Waals surface area contributed by atoms with Crippen LogP contribution in [0.3, 0.4) is 0 Å². The summed E-state index contributed by atoms with van der Waals surface area (Å²) in [6.45, 7) is 5.06. The van der Waals surface area contributed by atoms with Gasteiger partial charge in [-0.2, -0.15) is 4.31 Å². The SMILES string of the molecule is CCc1noc(C)c1C(=O)N1CCN(S(C)(=O)=O)CC1. The second-order valence-corrected chi connectivity index (χ2v) is 6.85. The van der Waals surface area contributed by atoms with E-state index in [0.29, 0.717) is 49.6 Å². The number of hydrogen-bond acceptors (Lipinski definition) is 5. The molecule has 2 heterocycles. The van der Waals surface area contributed by atoms with Gasteiger partial charge in [-0.3, -0.25) is 4.79 Å². The lowest BCUT2D eigenvalue weighted by molar-refractivity contribution is 0.0695. The molecule has 0 unspecified atom stereocenters. The zero-order chi connectivity index (χ0) is 14.9. The van der Waals surface area contributed by atoms with Crippen molar-refractivity contribution in [2.75, 3.05) is 32.4 Å². The lowest BCUT2D eigenvalue weighted by Crippen LogP contribution is -2.50. The molecule has 0 N–H and O–H groups in total. The van der Waals surface area contributed by atoms with E-state index in [4.69, 9.17) is 4.52 Å². The Bertz CT molecular complexity index is 600. The number of aromatic nitrogens is 1. The summed E-state index contributed by atoms with van der Waals surface area (Å²) in [5.74, 6) is 0.381. The summed E-state index contributed by atoms with van der Waals surface area (Å²) < 4.78 is 29.3. The van der Waals surface area contributed by atoms with Crippen molar-refractivity contribution in [1.82, 2.24) is 14.4 Å². The average molecular weight is 301 g/mol. The average Bonchev–Trinajstić information content (AvgIpc) is 2.78. The molecule has 1 amide bonds. The number of sulfonamides is 1. The van der Waals surface area contributed by atoms with Crippen LogP contribution in [-0.2, 0) is 16.4 Å². The Kier molecular flexibility index (Phi) is 4.14. The van der Waals surface area contributed by atoms with Crippen LogP contribution in [0.5, 0.6) is 0 Å². The molecule has 112 valence electrons. The molecule has 0 atom stereocenters. The molecular weight excluding hydrogens is 282 g/mol. The van der Waals surface area contributed by atoms with Gasteiger partial charge in [0.2, 0.25) is 10.0 Å². The molecule has 1 aromatic heterocycles. The van der Waals surface area contributed by atoms with Gasteiger partial charge < -0.3 is 9.42 Å². The highest BCUT2D eigenvalue weighted by atomic mass is 32.2. The summed E-state index contributed by atoms with van der Waals surface area (Å²) in [4.78, 5) is 14.1. The Morgan fingerprint density at radius 3 is 2.40 bits per heavy atom. The normalized spacial score (nSPS) is 17.4. The Balaban J connectivity index is 2.11. The number of aryl methyl sites for hydroxylation is 2. The first-order valence-corrected chi connectivity index (χ1v) is 8.39. The Hall–Kier alpha value is -1.41. The van der Waals surface area contributed by atoms with Crippen molar-refractivity contribution in [2.45, 2.75) is 20.3 Å². The Morgan fingerprint density at radius 2 is 1.90 bits per heavy atom. The summed E-state index contributed by atoms with van der Waals surface area (Å²) in [5, 5.41) is 3.88. The molecule has 0 aliphatic carbocycles. The second kappa shape index (κ2) is 5.53. The van der Waals surface area contributed by atoms with E-state index < -0.39 is 10.0 Å². The molecule has 20 heavy (non-hydrogen) atoms. The summed E-state index contributed by atoms with van der Waals surface area (Å²) >= 11 is 0. The van der Waals surface area contributed by atoms with Crippen molar-refractivity contribution < 1.29 is 17.7 Å². The summed E-state index contributed by atoms with van der Waals surface area (Å²) in [6.07, 6.45) is 1.81. The number of rotatable bonds is 3. The van der Waals surface area contributed by atoms with Crippen molar-refractivity contribution in [3.05, 3.63) is 17.0 Å². The van der Waals surface area contributed by atoms with Gasteiger partial charge in [0.25, 0.3) is 5.91 Å². The minimum Gasteiger partial charge on any atom is -0.361 e. The highest BCUT2D eigenvalue weighted by molar-refractivity contribution is 7.88. The highest BCUT2D eigenvalue weighted by Crippen LogP contribution is 2.18. The fourth-order valence-corrected chi connectivity index (χ4v) is 3.14. The minimum absolute atomic E-state index is 0.131. The molecule has 7 nitrogen and oxygen atoms in total. The first-order chi connectivity index (χ1) is 9.34. The zero-order valence-corrected chi connectivity index (χ0v) is 12.7. The molecule has 1 saturated heterocycles. The molecule has 1 aliphatic rings. The third-order valence-electron chi connectivity index (χ3n) is 3.48. The molecule has 2 rings (SSSR count). The van der Waals surface area contributed by atoms with E-state index in [9.17, 15) is 13.2 Å². The van der Waals surface area contributed by atoms with Gasteiger partial charge in [-0.15, -0.1) is 0 Å². The number of carbonyl (C=O) groups excluding carboxylic acids is 1. The number of nitrogens with zero attached hydrogens (tertiary/aromatic N) is 3. The quantitative estimate of drug-likeness (QED) is 0.800. The van der Waals surface area contributed by atoms with Gasteiger partial charge in [0.15, 0.2) is 0 Å². The molecule has 1 aromatic rings. The van der Waals surface area contributed by atoms with E-state index in [2.05, 4.69) is 5.16 Å². The minimum atomic E-state index is -3.19. The van der Waals surface area contributed by atoms with Crippen LogP contribution in [0, 0.1) is 6.92 Å². The fourth-order valence-electron chi connectivity index (χ4n) is 2.31. The van der Waals surface area contributed by atoms with Gasteiger partial charge in [-0.05, 0) is 13.3 Å². The number of amides is 1. The van der Waals surface area contributed by atoms with Gasteiger partial charge >= 0.3 is 0 Å². The van der Waals surface area contributed by atoms with Gasteiger partial charge in [0.1, 0.15) is 11.3 Å². The van der Waals surface area contributed by atoms with Gasteiger partial charge in [0.05, 0.1) is 11.9 Å². The molecule has 0 radical (unpaired) electrons. The number of hydrogen-bond donors (Lipinski definition) is 0. The molecule has 0 aromatic carbocycles. The number of piperazine rings is 1. The summed E-state index contributed by atoms with van der Waals surface area (Å²) in [6, 6.07) is 0. The smallest absolute Gasteiger partial charge is 0.259 e. The highest BCUT2D eigenvalue weighted by Gasteiger charge is 2.29. The first-order valence-electron chi connectivity index (χ1n) is 6.54. The second-order valence-electron chi connectivity index (χ2n) is 4.87. The van der Waals surface area contributed by atoms with E-state index >= 15 is 0 Å². The van der Waals surface area contributed by atoms with Gasteiger partial charge in [0, 0.05) is 26.2 Å². The van der Waals surface area contributed by atoms with Crippen LogP contribution in [-0.4, -0.2) is 61.1 Å². The predicted molar refractivity (Wildman–Crippen MR) is 72.9 cm³/mol. The van der Waals surface area contributed by atoms with Crippen molar-refractivity contribution >= 4 is 15.9 Å². The van der Waals surface area contributed by atoms with E-state index in [-0.39, 0.29) is 5.91 Å². The van der Waals surface area contributed by atoms with Crippen LogP contribution in [0.1, 0.15) is 28.7 Å². The topological polar surface area (TPSA) is 83.7 Å². The molecular formula is C12H19N3O4S. The maximum atomic E-state index is 12.5. The predicted octanol–water partition coefficient (Wildman–Crippen LogP) is 0.263. The largest absolute Gasteiger partial charge is 0.361 e. The standard InChI is InChI=1S/C12H19N3O4S/c1-4-10-11(9(2)19-13-10)12(16)14-5-7-15(8-6-14)20(3,17)18/h4-8H2,1-3H3. The number of carbonyl (C=O) groups is 1. The van der Waals surface area contributed by atoms with Crippen LogP contribution in [0.25, 0.3) is 0 Å². The Labute approximate surface area is 118 Å². The fraction of sp³-hybridized carbons (Fsp3) is 0.667. The monoisotopic (exact) mass is 301 g/mol. The molecule has 8 heteroatoms. The molecule has 0 bridgehead atoms. The van der Waals surface area contributed by atoms with Gasteiger partial charge in [-0.25, -0.2) is 8.42 Å². The van der Waals surface area contributed by atoms with Crippen molar-refractivity contribution in [3.8, 4) is 0 Å². The third kappa shape index (κ3) is 2.85. The third-order valence-corrected chi connectivity index (χ3v) is 4.78. The Morgan fingerprint density at radius 1 is 1.30 bits per heavy atom. The van der Waals surface area contributed by atoms with Crippen LogP contribution in [0.15, 0.2) is 4.52 Å². The van der Waals surface area contributed by atoms with E-state index in [1.165, 1.54) is 10.6 Å². The van der Waals surface area contributed by atoms with Crippen LogP contribution in [0.4, 0.5) is 0 Å². The van der Waals surface area contributed by atoms with Crippen molar-refractivity contribution in [3.63, 3.8) is 0 Å². The summed E-state index contributed by atoms with van der Waals surface area (Å²) in [7, 11) is -3.19. The summed E-state index contributed by atoms with van der Waals surface area (Å²) in [5.41, 5.74) is 1.17. The molecule has 0 saturated carbocycles. The first kappa shape index (κ1) is 15.0. The van der Waals surface area contributed by atoms with E-state index in [0.717, 1.165) is 0 Å². The van der Waals surface area contributed by atoms with E-state index in [1.807, 2.05) is 6.92 Å². The van der Waals surface area contributed by atoms with E-state index in [1.54, 1.807) is 11.8 Å². The molecule has 1 fully saturated rings. The van der Waals surface area contributed by atoms with Gasteiger partial charge in [-0.1, -0.05) is 12.1 Å². The lowest BCUT2D eigenvalue weighted by Gasteiger charge is -2.33. The van der Waals surface area contributed by atoms with Crippen LogP contribution in [0.2, 0.25) is 0 Å². The molecule has 1 aliphatic heterocycles. The van der Waals surface area contributed by atoms with Crippen molar-refractivity contribution in [2.24, 2.45) is 0 Å². The van der Waals surface area contributed by atoms with Crippen LogP contribution < -0.4 is 0 Å². The lowest BCUT2D eigenvalue weighted by atomic mass is 10.1. The maximum Gasteiger partial charge on any atom is 0.259 e. The molecule has 0 spiro atoms. The zero-order valence-electron chi connectivity index (χ0n) is 11.9. The maximum absolute atomic E-state index is 12.5.